The second-order valence-electron chi connectivity index (χ2n) is 17.2. The number of carbonyl (C=O) groups excluding carboxylic acids is 1. The molecule has 4 fully saturated rings. The van der Waals surface area contributed by atoms with Crippen molar-refractivity contribution >= 4 is 11.9 Å². The van der Waals surface area contributed by atoms with Gasteiger partial charge in [0.25, 0.3) is 0 Å². The summed E-state index contributed by atoms with van der Waals surface area (Å²) in [5.74, 6) is 0.968. The van der Waals surface area contributed by atoms with E-state index in [-0.39, 0.29) is 50.9 Å². The van der Waals surface area contributed by atoms with Crippen molar-refractivity contribution in [2.45, 2.75) is 144 Å². The van der Waals surface area contributed by atoms with E-state index in [2.05, 4.69) is 59.9 Å². The zero-order chi connectivity index (χ0) is 30.1. The quantitative estimate of drug-likeness (QED) is 0.215. The molecule has 5 aliphatic rings. The van der Waals surface area contributed by atoms with E-state index in [9.17, 15) is 14.7 Å². The molecule has 1 amide bonds. The molecule has 232 valence electrons. The predicted octanol–water partition coefficient (Wildman–Crippen LogP) is 7.91. The van der Waals surface area contributed by atoms with Crippen LogP contribution in [0.3, 0.4) is 0 Å². The maximum Gasteiger partial charge on any atom is 0.303 e. The van der Waals surface area contributed by atoms with Crippen molar-refractivity contribution in [3.05, 3.63) is 11.6 Å². The summed E-state index contributed by atoms with van der Waals surface area (Å²) >= 11 is 0. The highest BCUT2D eigenvalue weighted by Crippen LogP contribution is 2.75. The van der Waals surface area contributed by atoms with Crippen molar-refractivity contribution in [1.82, 2.24) is 5.32 Å². The summed E-state index contributed by atoms with van der Waals surface area (Å²) < 4.78 is 0. The van der Waals surface area contributed by atoms with E-state index < -0.39 is 5.97 Å². The number of carbonyl (C=O) groups is 2. The van der Waals surface area contributed by atoms with Crippen LogP contribution in [0.1, 0.15) is 138 Å². The van der Waals surface area contributed by atoms with Crippen molar-refractivity contribution in [2.75, 3.05) is 6.54 Å². The minimum Gasteiger partial charge on any atom is -0.481 e. The van der Waals surface area contributed by atoms with Gasteiger partial charge in [-0.1, -0.05) is 66.5 Å². The maximum atomic E-state index is 14.1. The summed E-state index contributed by atoms with van der Waals surface area (Å²) in [6, 6.07) is 0. The van der Waals surface area contributed by atoms with Crippen LogP contribution in [0.4, 0.5) is 0 Å². The fourth-order valence-electron chi connectivity index (χ4n) is 11.6. The molecule has 0 aromatic carbocycles. The third-order valence-corrected chi connectivity index (χ3v) is 14.4. The molecule has 8 atom stereocenters. The number of aliphatic hydroxyl groups excluding tert-OH is 1. The first kappa shape index (κ1) is 31.1. The molecule has 5 aliphatic carbocycles. The second-order valence-corrected chi connectivity index (χ2v) is 17.2. The highest BCUT2D eigenvalue weighted by atomic mass is 16.4. The molecule has 4 saturated carbocycles. The SMILES string of the molecule is CC1(C)CC[C@]2(C(=O)NCCCCCC(=O)O)CC[C@]3(C)C(=CC[C@@H]4[C@@]5(C)CC[C@H](O)C(C)(C)[C@@H]5CC[C@]43C)[C@@H]2C1. The number of nitrogens with one attached hydrogen (secondary N) is 1. The zero-order valence-corrected chi connectivity index (χ0v) is 27.2. The molecular weight excluding hydrogens is 510 g/mol. The third kappa shape index (κ3) is 4.74. The van der Waals surface area contributed by atoms with Gasteiger partial charge in [0.1, 0.15) is 0 Å². The highest BCUT2D eigenvalue weighted by molar-refractivity contribution is 5.84. The summed E-state index contributed by atoms with van der Waals surface area (Å²) in [5, 5.41) is 23.3. The number of hydrogen-bond acceptors (Lipinski definition) is 3. The van der Waals surface area contributed by atoms with Crippen molar-refractivity contribution in [2.24, 2.45) is 50.2 Å². The molecule has 0 aliphatic heterocycles. The number of allylic oxidation sites excluding steroid dienone is 2. The molecule has 0 heterocycles. The van der Waals surface area contributed by atoms with Gasteiger partial charge in [0.05, 0.1) is 11.5 Å². The Bertz CT molecular complexity index is 1080. The van der Waals surface area contributed by atoms with Crippen LogP contribution in [0.25, 0.3) is 0 Å². The molecule has 0 saturated heterocycles. The Balaban J connectivity index is 1.43. The number of unbranched alkanes of at least 4 members (excludes halogenated alkanes) is 2. The van der Waals surface area contributed by atoms with Crippen molar-refractivity contribution in [3.8, 4) is 0 Å². The van der Waals surface area contributed by atoms with Crippen LogP contribution in [-0.4, -0.2) is 34.7 Å². The summed E-state index contributed by atoms with van der Waals surface area (Å²) in [6.07, 6.45) is 15.8. The van der Waals surface area contributed by atoms with Gasteiger partial charge >= 0.3 is 5.97 Å². The Hall–Kier alpha value is -1.36. The summed E-state index contributed by atoms with van der Waals surface area (Å²) in [6.45, 7) is 17.8. The molecule has 5 heteroatoms. The maximum absolute atomic E-state index is 14.1. The molecule has 0 unspecified atom stereocenters. The first-order valence-corrected chi connectivity index (χ1v) is 16.9. The van der Waals surface area contributed by atoms with Crippen molar-refractivity contribution in [3.63, 3.8) is 0 Å². The Morgan fingerprint density at radius 3 is 2.29 bits per heavy atom. The number of carboxylic acids is 1. The lowest BCUT2D eigenvalue weighted by atomic mass is 9.33. The lowest BCUT2D eigenvalue weighted by Gasteiger charge is -2.71. The molecule has 0 aromatic rings. The first-order chi connectivity index (χ1) is 19.0. The fraction of sp³-hybridized carbons (Fsp3) is 0.889. The van der Waals surface area contributed by atoms with Crippen LogP contribution in [0, 0.1) is 50.2 Å². The van der Waals surface area contributed by atoms with Gasteiger partial charge in [-0.2, -0.15) is 0 Å². The number of fused-ring (bicyclic) bond motifs is 7. The highest BCUT2D eigenvalue weighted by Gasteiger charge is 2.69. The Morgan fingerprint density at radius 1 is 0.878 bits per heavy atom. The Labute approximate surface area is 249 Å². The predicted molar refractivity (Wildman–Crippen MR) is 164 cm³/mol. The standard InChI is InChI=1S/C36H59NO4/c1-31(2)18-20-36(30(41)37-22-10-8-9-11-29(39)40)21-19-34(6)24(25(36)23-31)12-13-27-33(5)16-15-28(38)32(3,4)26(33)14-17-35(27,34)7/h12,25-28,38H,8-11,13-23H2,1-7H3,(H,37,41)(H,39,40)/t25-,26-,27+,28-,33-,34+,35+,36-/m0/s1. The largest absolute Gasteiger partial charge is 0.481 e. The Kier molecular flexibility index (Phi) is 7.86. The Morgan fingerprint density at radius 2 is 1.59 bits per heavy atom. The van der Waals surface area contributed by atoms with E-state index in [4.69, 9.17) is 5.11 Å². The van der Waals surface area contributed by atoms with Gasteiger partial charge in [-0.15, -0.1) is 0 Å². The molecule has 0 bridgehead atoms. The second kappa shape index (κ2) is 10.4. The van der Waals surface area contributed by atoms with Crippen LogP contribution < -0.4 is 5.32 Å². The van der Waals surface area contributed by atoms with Gasteiger partial charge in [-0.25, -0.2) is 0 Å². The first-order valence-electron chi connectivity index (χ1n) is 16.9. The summed E-state index contributed by atoms with van der Waals surface area (Å²) in [5.41, 5.74) is 2.01. The number of amides is 1. The molecule has 5 nitrogen and oxygen atoms in total. The minimum absolute atomic E-state index is 0.0416. The monoisotopic (exact) mass is 569 g/mol. The summed E-state index contributed by atoms with van der Waals surface area (Å²) in [4.78, 5) is 25.0. The van der Waals surface area contributed by atoms with Crippen molar-refractivity contribution < 1.29 is 19.8 Å². The van der Waals surface area contributed by atoms with E-state index in [1.807, 2.05) is 0 Å². The van der Waals surface area contributed by atoms with Crippen LogP contribution in [0.15, 0.2) is 11.6 Å². The summed E-state index contributed by atoms with van der Waals surface area (Å²) in [7, 11) is 0. The lowest BCUT2D eigenvalue weighted by molar-refractivity contribution is -0.203. The van der Waals surface area contributed by atoms with Gasteiger partial charge in [0, 0.05) is 13.0 Å². The van der Waals surface area contributed by atoms with Gasteiger partial charge < -0.3 is 15.5 Å². The normalized spacial score (nSPS) is 44.3. The third-order valence-electron chi connectivity index (χ3n) is 14.4. The van der Waals surface area contributed by atoms with Gasteiger partial charge in [0.15, 0.2) is 0 Å². The van der Waals surface area contributed by atoms with Crippen LogP contribution in [0.5, 0.6) is 0 Å². The topological polar surface area (TPSA) is 86.6 Å². The average Bonchev–Trinajstić information content (AvgIpc) is 2.88. The van der Waals surface area contributed by atoms with Crippen LogP contribution >= 0.6 is 0 Å². The molecular formula is C36H59NO4. The van der Waals surface area contributed by atoms with E-state index in [1.165, 1.54) is 12.8 Å². The minimum atomic E-state index is -0.741. The molecule has 0 spiro atoms. The van der Waals surface area contributed by atoms with Gasteiger partial charge in [0.2, 0.25) is 5.91 Å². The number of hydrogen-bond donors (Lipinski definition) is 3. The van der Waals surface area contributed by atoms with Crippen LogP contribution in [-0.2, 0) is 9.59 Å². The lowest BCUT2D eigenvalue weighted by Crippen LogP contribution is -2.65. The van der Waals surface area contributed by atoms with E-state index in [0.29, 0.717) is 30.7 Å². The average molecular weight is 570 g/mol. The van der Waals surface area contributed by atoms with Crippen LogP contribution in [0.2, 0.25) is 0 Å². The van der Waals surface area contributed by atoms with Crippen molar-refractivity contribution in [1.29, 1.82) is 0 Å². The molecule has 0 radical (unpaired) electrons. The fourth-order valence-corrected chi connectivity index (χ4v) is 11.6. The number of aliphatic carboxylic acids is 1. The molecule has 3 N–H and O–H groups in total. The van der Waals surface area contributed by atoms with E-state index in [1.54, 1.807) is 5.57 Å². The van der Waals surface area contributed by atoms with E-state index >= 15 is 0 Å². The van der Waals surface area contributed by atoms with Gasteiger partial charge in [-0.05, 0) is 122 Å². The number of aliphatic hydroxyl groups is 1. The smallest absolute Gasteiger partial charge is 0.303 e. The van der Waals surface area contributed by atoms with Gasteiger partial charge in [-0.3, -0.25) is 9.59 Å². The molecule has 0 aromatic heterocycles. The molecule has 41 heavy (non-hydrogen) atoms. The number of carboxylic acid groups (broad SMARTS) is 1. The number of rotatable bonds is 7. The zero-order valence-electron chi connectivity index (χ0n) is 27.2. The molecule has 5 rings (SSSR count). The van der Waals surface area contributed by atoms with E-state index in [0.717, 1.165) is 64.2 Å².